The molecule has 1 aliphatic rings. The third kappa shape index (κ3) is 5.34. The summed E-state index contributed by atoms with van der Waals surface area (Å²) in [5.41, 5.74) is -0.515. The van der Waals surface area contributed by atoms with Crippen LogP contribution in [0, 0.1) is 11.3 Å². The number of hydrogen-bond donors (Lipinski definition) is 1. The Morgan fingerprint density at radius 2 is 1.98 bits per heavy atom. The molecule has 1 atom stereocenters. The van der Waals surface area contributed by atoms with Gasteiger partial charge in [0.1, 0.15) is 29.3 Å². The lowest BCUT2D eigenvalue weighted by Gasteiger charge is -2.31. The van der Waals surface area contributed by atoms with Crippen molar-refractivity contribution in [2.75, 3.05) is 20.3 Å². The summed E-state index contributed by atoms with van der Waals surface area (Å²) < 4.78 is 24.4. The lowest BCUT2D eigenvalue weighted by Crippen LogP contribution is -2.44. The number of carboxylic acids is 1. The Morgan fingerprint density at radius 1 is 1.22 bits per heavy atom. The summed E-state index contributed by atoms with van der Waals surface area (Å²) in [6.45, 7) is 3.97. The van der Waals surface area contributed by atoms with Crippen molar-refractivity contribution in [3.8, 4) is 23.3 Å². The minimum atomic E-state index is -1.72. The Morgan fingerprint density at radius 3 is 2.63 bits per heavy atom. The molecule has 0 bridgehead atoms. The molecule has 4 aromatic rings. The molecule has 1 N–H and O–H groups in total. The van der Waals surface area contributed by atoms with E-state index in [4.69, 9.17) is 18.6 Å². The van der Waals surface area contributed by atoms with E-state index in [0.29, 0.717) is 54.2 Å². The van der Waals surface area contributed by atoms with E-state index in [2.05, 4.69) is 11.1 Å². The minimum absolute atomic E-state index is 0.0331. The van der Waals surface area contributed by atoms with Crippen molar-refractivity contribution in [2.45, 2.75) is 50.9 Å². The predicted molar refractivity (Wildman–Crippen MR) is 150 cm³/mol. The van der Waals surface area contributed by atoms with Gasteiger partial charge in [-0.3, -0.25) is 9.36 Å². The van der Waals surface area contributed by atoms with Crippen LogP contribution >= 0.6 is 0 Å². The number of aliphatic carboxylic acids is 1. The number of benzene rings is 2. The molecule has 10 heteroatoms. The molecular formula is C31H31N3O7. The van der Waals surface area contributed by atoms with E-state index in [1.165, 1.54) is 26.3 Å². The molecule has 0 spiro atoms. The van der Waals surface area contributed by atoms with Crippen molar-refractivity contribution in [3.63, 3.8) is 0 Å². The van der Waals surface area contributed by atoms with E-state index in [9.17, 15) is 20.0 Å². The molecule has 0 saturated carbocycles. The van der Waals surface area contributed by atoms with E-state index in [0.717, 1.165) is 10.1 Å². The summed E-state index contributed by atoms with van der Waals surface area (Å²) >= 11 is 0. The van der Waals surface area contributed by atoms with Gasteiger partial charge in [0, 0.05) is 36.1 Å². The first-order valence-electron chi connectivity index (χ1n) is 13.4. The number of para-hydroxylation sites is 1. The number of pyridine rings is 1. The summed E-state index contributed by atoms with van der Waals surface area (Å²) in [5.74, 6) is -0.307. The number of rotatable bonds is 9. The zero-order valence-electron chi connectivity index (χ0n) is 23.1. The molecule has 1 fully saturated rings. The normalized spacial score (nSPS) is 15.0. The Kier molecular flexibility index (Phi) is 7.92. The molecule has 212 valence electrons. The molecule has 2 aromatic heterocycles. The second-order valence-corrected chi connectivity index (χ2v) is 10.4. The minimum Gasteiger partial charge on any atom is -0.496 e. The van der Waals surface area contributed by atoms with Crippen molar-refractivity contribution >= 4 is 16.7 Å². The molecule has 0 radical (unpaired) electrons. The second kappa shape index (κ2) is 11.6. The van der Waals surface area contributed by atoms with Gasteiger partial charge in [-0.05, 0) is 55.8 Å². The molecule has 10 nitrogen and oxygen atoms in total. The third-order valence-electron chi connectivity index (χ3n) is 7.56. The number of hydrogen-bond acceptors (Lipinski definition) is 8. The summed E-state index contributed by atoms with van der Waals surface area (Å²) in [7, 11) is 1.58. The Balaban J connectivity index is 1.76. The van der Waals surface area contributed by atoms with Crippen molar-refractivity contribution in [1.82, 2.24) is 9.55 Å². The Bertz CT molecular complexity index is 1660. The average molecular weight is 558 g/mol. The fourth-order valence-electron chi connectivity index (χ4n) is 5.31. The van der Waals surface area contributed by atoms with Gasteiger partial charge in [0.05, 0.1) is 25.5 Å². The fourth-order valence-corrected chi connectivity index (χ4v) is 5.31. The van der Waals surface area contributed by atoms with Crippen LogP contribution in [0.4, 0.5) is 0 Å². The van der Waals surface area contributed by atoms with E-state index >= 15 is 0 Å². The van der Waals surface area contributed by atoms with Gasteiger partial charge in [0.25, 0.3) is 5.56 Å². The van der Waals surface area contributed by atoms with Gasteiger partial charge in [0.15, 0.2) is 0 Å². The van der Waals surface area contributed by atoms with Gasteiger partial charge in [-0.1, -0.05) is 24.3 Å². The van der Waals surface area contributed by atoms with Crippen molar-refractivity contribution in [1.29, 1.82) is 5.26 Å². The molecule has 2 aromatic carbocycles. The zero-order valence-corrected chi connectivity index (χ0v) is 23.1. The van der Waals surface area contributed by atoms with Crippen molar-refractivity contribution in [3.05, 3.63) is 82.1 Å². The number of nitrogens with zero attached hydrogens (tertiary/aromatic N) is 3. The Labute approximate surface area is 236 Å². The third-order valence-corrected chi connectivity index (χ3v) is 7.56. The molecule has 1 saturated heterocycles. The number of ether oxygens (including phenoxy) is 3. The van der Waals surface area contributed by atoms with Crippen LogP contribution < -0.4 is 10.3 Å². The van der Waals surface area contributed by atoms with Crippen LogP contribution in [0.1, 0.15) is 49.6 Å². The summed E-state index contributed by atoms with van der Waals surface area (Å²) in [5, 5.41) is 21.3. The van der Waals surface area contributed by atoms with Crippen LogP contribution in [0.15, 0.2) is 64.1 Å². The molecule has 41 heavy (non-hydrogen) atoms. The van der Waals surface area contributed by atoms with Crippen LogP contribution in [0.3, 0.4) is 0 Å². The van der Waals surface area contributed by atoms with Gasteiger partial charge < -0.3 is 23.7 Å². The zero-order chi connectivity index (χ0) is 29.1. The van der Waals surface area contributed by atoms with Crippen LogP contribution in [0.2, 0.25) is 0 Å². The van der Waals surface area contributed by atoms with E-state index in [-0.39, 0.29) is 23.6 Å². The average Bonchev–Trinajstić information content (AvgIpc) is 3.53. The van der Waals surface area contributed by atoms with Gasteiger partial charge in [-0.15, -0.1) is 0 Å². The van der Waals surface area contributed by atoms with Crippen molar-refractivity contribution < 1.29 is 28.5 Å². The molecule has 0 aliphatic carbocycles. The quantitative estimate of drug-likeness (QED) is 0.307. The topological polar surface area (TPSA) is 137 Å². The number of oxazole rings is 1. The predicted octanol–water partition coefficient (Wildman–Crippen LogP) is 4.84. The number of carbonyl (C=O) groups is 1. The molecule has 1 aliphatic heterocycles. The highest BCUT2D eigenvalue weighted by Crippen LogP contribution is 2.36. The molecule has 5 rings (SSSR count). The summed E-state index contributed by atoms with van der Waals surface area (Å²) in [6, 6.07) is 14.8. The van der Waals surface area contributed by atoms with Gasteiger partial charge in [0.2, 0.25) is 5.89 Å². The monoisotopic (exact) mass is 557 g/mol. The summed E-state index contributed by atoms with van der Waals surface area (Å²) in [4.78, 5) is 30.5. The molecular weight excluding hydrogens is 526 g/mol. The molecule has 3 heterocycles. The molecule has 0 amide bonds. The smallest absolute Gasteiger partial charge is 0.329 e. The number of carboxylic acid groups (broad SMARTS) is 1. The second-order valence-electron chi connectivity index (χ2n) is 10.4. The largest absolute Gasteiger partial charge is 0.496 e. The maximum absolute atomic E-state index is 13.9. The maximum atomic E-state index is 13.9. The Hall–Kier alpha value is -4.46. The highest BCUT2D eigenvalue weighted by Gasteiger charge is 2.36. The summed E-state index contributed by atoms with van der Waals surface area (Å²) in [6.07, 6.45) is 3.89. The number of nitriles is 1. The van der Waals surface area contributed by atoms with Gasteiger partial charge in [-0.25, -0.2) is 9.78 Å². The van der Waals surface area contributed by atoms with Crippen LogP contribution in [-0.4, -0.2) is 47.1 Å². The van der Waals surface area contributed by atoms with Crippen molar-refractivity contribution in [2.24, 2.45) is 0 Å². The first-order valence-corrected chi connectivity index (χ1v) is 13.4. The van der Waals surface area contributed by atoms with E-state index < -0.39 is 23.2 Å². The number of aromatic nitrogens is 2. The molecule has 0 unspecified atom stereocenters. The van der Waals surface area contributed by atoms with Gasteiger partial charge in [-0.2, -0.15) is 5.26 Å². The standard InChI is InChI=1S/C31H31N3O7/c1-31(2,30(36)37)34-25(18-32)23(21-9-8-19(16-24(21)29(34)35)28-33-12-15-40-28)17-27(41-20-10-13-39-14-11-20)22-6-4-5-7-26(22)38-3/h4-9,12,15-16,20,27H,10-11,13-14,17H2,1-3H3,(H,36,37)/t27-/m0/s1. The van der Waals surface area contributed by atoms with Crippen LogP contribution in [0.25, 0.3) is 22.2 Å². The number of fused-ring (bicyclic) bond motifs is 1. The van der Waals surface area contributed by atoms with E-state index in [1.54, 1.807) is 25.3 Å². The first-order chi connectivity index (χ1) is 19.8. The highest BCUT2D eigenvalue weighted by atomic mass is 16.5. The van der Waals surface area contributed by atoms with E-state index in [1.807, 2.05) is 24.3 Å². The lowest BCUT2D eigenvalue weighted by molar-refractivity contribution is -0.145. The van der Waals surface area contributed by atoms with Gasteiger partial charge >= 0.3 is 5.97 Å². The fraction of sp³-hybridized carbons (Fsp3) is 0.355. The SMILES string of the molecule is COc1ccccc1[C@H](Cc1c(C#N)n(C(C)(C)C(=O)O)c(=O)c2cc(-c3ncco3)ccc12)OC1CCOCC1. The van der Waals surface area contributed by atoms with Crippen LogP contribution in [0.5, 0.6) is 5.75 Å². The lowest BCUT2D eigenvalue weighted by atomic mass is 9.92. The first kappa shape index (κ1) is 28.1. The van der Waals surface area contributed by atoms with Crippen LogP contribution in [-0.2, 0) is 26.2 Å². The highest BCUT2D eigenvalue weighted by molar-refractivity contribution is 5.90. The maximum Gasteiger partial charge on any atom is 0.329 e. The number of methoxy groups -OCH3 is 1.